The van der Waals surface area contributed by atoms with Gasteiger partial charge in [-0.1, -0.05) is 0 Å². The van der Waals surface area contributed by atoms with E-state index in [1.165, 1.54) is 0 Å². The molecular formula is C7H8F2N2O. The highest BCUT2D eigenvalue weighted by Crippen LogP contribution is 2.19. The van der Waals surface area contributed by atoms with Crippen molar-refractivity contribution in [3.05, 3.63) is 33.7 Å². The van der Waals surface area contributed by atoms with Gasteiger partial charge in [-0.05, 0) is 6.07 Å². The molecule has 0 saturated heterocycles. The molecule has 66 valence electrons. The number of nitrogens with one attached hydrogen (secondary N) is 1. The molecule has 0 aliphatic heterocycles. The summed E-state index contributed by atoms with van der Waals surface area (Å²) in [4.78, 5) is 12.9. The van der Waals surface area contributed by atoms with Crippen molar-refractivity contribution in [3.63, 3.8) is 0 Å². The third-order valence-electron chi connectivity index (χ3n) is 1.48. The molecule has 0 saturated carbocycles. The number of halogens is 2. The van der Waals surface area contributed by atoms with E-state index in [0.29, 0.717) is 0 Å². The van der Waals surface area contributed by atoms with Crippen LogP contribution in [0.5, 0.6) is 0 Å². The van der Waals surface area contributed by atoms with Gasteiger partial charge in [-0.2, -0.15) is 0 Å². The first kappa shape index (κ1) is 8.86. The standard InChI is InChI=1S/C7H8F2N2O/c8-7(9)4-1-2-6(12)11-5(4)3-10/h1-2,7H,3,10H2,(H,11,12). The van der Waals surface area contributed by atoms with Gasteiger partial charge in [-0.25, -0.2) is 8.78 Å². The van der Waals surface area contributed by atoms with Crippen molar-refractivity contribution in [3.8, 4) is 0 Å². The summed E-state index contributed by atoms with van der Waals surface area (Å²) in [6.45, 7) is -0.0875. The Morgan fingerprint density at radius 1 is 1.50 bits per heavy atom. The maximum Gasteiger partial charge on any atom is 0.265 e. The fourth-order valence-corrected chi connectivity index (χ4v) is 0.902. The van der Waals surface area contributed by atoms with E-state index in [0.717, 1.165) is 12.1 Å². The fourth-order valence-electron chi connectivity index (χ4n) is 0.902. The Labute approximate surface area is 67.2 Å². The molecule has 0 bridgehead atoms. The third-order valence-corrected chi connectivity index (χ3v) is 1.48. The molecule has 1 rings (SSSR count). The molecule has 0 amide bonds. The molecule has 0 aliphatic carbocycles. The molecular weight excluding hydrogens is 166 g/mol. The summed E-state index contributed by atoms with van der Waals surface area (Å²) in [6.07, 6.45) is -2.60. The smallest absolute Gasteiger partial charge is 0.265 e. The first-order valence-corrected chi connectivity index (χ1v) is 3.35. The van der Waals surface area contributed by atoms with Crippen LogP contribution in [0.15, 0.2) is 16.9 Å². The minimum absolute atomic E-state index is 0.0875. The van der Waals surface area contributed by atoms with Crippen LogP contribution in [0.4, 0.5) is 8.78 Å². The van der Waals surface area contributed by atoms with Crippen LogP contribution in [0.25, 0.3) is 0 Å². The molecule has 0 aliphatic rings. The van der Waals surface area contributed by atoms with Crippen LogP contribution in [0.3, 0.4) is 0 Å². The lowest BCUT2D eigenvalue weighted by Gasteiger charge is -2.04. The number of H-pyrrole nitrogens is 1. The van der Waals surface area contributed by atoms with Crippen LogP contribution in [0, 0.1) is 0 Å². The molecule has 5 heteroatoms. The van der Waals surface area contributed by atoms with E-state index in [-0.39, 0.29) is 17.8 Å². The number of aromatic nitrogens is 1. The van der Waals surface area contributed by atoms with Gasteiger partial charge in [0.15, 0.2) is 0 Å². The highest BCUT2D eigenvalue weighted by atomic mass is 19.3. The van der Waals surface area contributed by atoms with Gasteiger partial charge >= 0.3 is 0 Å². The molecule has 0 atom stereocenters. The van der Waals surface area contributed by atoms with Gasteiger partial charge < -0.3 is 10.7 Å². The fraction of sp³-hybridized carbons (Fsp3) is 0.286. The van der Waals surface area contributed by atoms with E-state index in [1.807, 2.05) is 0 Å². The average Bonchev–Trinajstić information content (AvgIpc) is 2.03. The minimum atomic E-state index is -2.60. The lowest BCUT2D eigenvalue weighted by molar-refractivity contribution is 0.149. The Morgan fingerprint density at radius 3 is 2.67 bits per heavy atom. The number of hydrogen-bond donors (Lipinski definition) is 2. The number of alkyl halides is 2. The van der Waals surface area contributed by atoms with Gasteiger partial charge in [0.25, 0.3) is 6.43 Å². The molecule has 0 unspecified atom stereocenters. The Kier molecular flexibility index (Phi) is 2.54. The van der Waals surface area contributed by atoms with Gasteiger partial charge in [-0.15, -0.1) is 0 Å². The summed E-state index contributed by atoms with van der Waals surface area (Å²) >= 11 is 0. The van der Waals surface area contributed by atoms with Crippen LogP contribution in [-0.4, -0.2) is 4.98 Å². The number of hydrogen-bond acceptors (Lipinski definition) is 2. The van der Waals surface area contributed by atoms with Crippen LogP contribution in [0.2, 0.25) is 0 Å². The van der Waals surface area contributed by atoms with Crippen molar-refractivity contribution in [1.29, 1.82) is 0 Å². The molecule has 12 heavy (non-hydrogen) atoms. The number of rotatable bonds is 2. The SMILES string of the molecule is NCc1[nH]c(=O)ccc1C(F)F. The Hall–Kier alpha value is -1.23. The molecule has 0 fully saturated rings. The van der Waals surface area contributed by atoms with Crippen molar-refractivity contribution >= 4 is 0 Å². The summed E-state index contributed by atoms with van der Waals surface area (Å²) < 4.78 is 24.3. The van der Waals surface area contributed by atoms with Crippen LogP contribution < -0.4 is 11.3 Å². The molecule has 3 nitrogen and oxygen atoms in total. The van der Waals surface area contributed by atoms with Gasteiger partial charge in [0.2, 0.25) is 5.56 Å². The summed E-state index contributed by atoms with van der Waals surface area (Å²) in [5.41, 5.74) is 4.62. The monoisotopic (exact) mass is 174 g/mol. The minimum Gasteiger partial charge on any atom is -0.325 e. The molecule has 0 aromatic carbocycles. The number of pyridine rings is 1. The number of nitrogens with two attached hydrogens (primary N) is 1. The van der Waals surface area contributed by atoms with Crippen molar-refractivity contribution in [1.82, 2.24) is 4.98 Å². The van der Waals surface area contributed by atoms with Gasteiger partial charge in [0.1, 0.15) is 0 Å². The van der Waals surface area contributed by atoms with Crippen LogP contribution in [-0.2, 0) is 6.54 Å². The molecule has 0 radical (unpaired) electrons. The zero-order valence-electron chi connectivity index (χ0n) is 6.18. The molecule has 3 N–H and O–H groups in total. The van der Waals surface area contributed by atoms with Gasteiger partial charge in [0.05, 0.1) is 0 Å². The molecule has 0 spiro atoms. The summed E-state index contributed by atoms with van der Waals surface area (Å²) in [7, 11) is 0. The maximum atomic E-state index is 12.2. The second-order valence-electron chi connectivity index (χ2n) is 2.26. The summed E-state index contributed by atoms with van der Waals surface area (Å²) in [5.74, 6) is 0. The molecule has 1 aromatic heterocycles. The van der Waals surface area contributed by atoms with E-state index in [1.54, 1.807) is 0 Å². The Morgan fingerprint density at radius 2 is 2.17 bits per heavy atom. The summed E-state index contributed by atoms with van der Waals surface area (Å²) in [6, 6.07) is 2.15. The third kappa shape index (κ3) is 1.68. The van der Waals surface area contributed by atoms with E-state index >= 15 is 0 Å². The lowest BCUT2D eigenvalue weighted by Crippen LogP contribution is -2.13. The average molecular weight is 174 g/mol. The molecule has 1 heterocycles. The van der Waals surface area contributed by atoms with Gasteiger partial charge in [-0.3, -0.25) is 4.79 Å². The highest BCUT2D eigenvalue weighted by molar-refractivity contribution is 5.20. The topological polar surface area (TPSA) is 58.9 Å². The van der Waals surface area contributed by atoms with E-state index in [9.17, 15) is 13.6 Å². The summed E-state index contributed by atoms with van der Waals surface area (Å²) in [5, 5.41) is 0. The normalized spacial score (nSPS) is 10.7. The Bertz CT molecular complexity index is 321. The van der Waals surface area contributed by atoms with Crippen molar-refractivity contribution in [2.75, 3.05) is 0 Å². The predicted molar refractivity (Wildman–Crippen MR) is 39.9 cm³/mol. The zero-order valence-corrected chi connectivity index (χ0v) is 6.18. The first-order chi connectivity index (χ1) is 5.65. The van der Waals surface area contributed by atoms with E-state index in [2.05, 4.69) is 4.98 Å². The second kappa shape index (κ2) is 3.44. The van der Waals surface area contributed by atoms with Crippen LogP contribution in [0.1, 0.15) is 17.7 Å². The zero-order chi connectivity index (χ0) is 9.14. The first-order valence-electron chi connectivity index (χ1n) is 3.35. The number of aromatic amines is 1. The van der Waals surface area contributed by atoms with E-state index in [4.69, 9.17) is 5.73 Å². The maximum absolute atomic E-state index is 12.2. The highest BCUT2D eigenvalue weighted by Gasteiger charge is 2.11. The lowest BCUT2D eigenvalue weighted by atomic mass is 10.2. The van der Waals surface area contributed by atoms with Crippen LogP contribution >= 0.6 is 0 Å². The van der Waals surface area contributed by atoms with Crippen molar-refractivity contribution < 1.29 is 8.78 Å². The van der Waals surface area contributed by atoms with Gasteiger partial charge in [0, 0.05) is 23.9 Å². The largest absolute Gasteiger partial charge is 0.325 e. The van der Waals surface area contributed by atoms with Crippen molar-refractivity contribution in [2.45, 2.75) is 13.0 Å². The quantitative estimate of drug-likeness (QED) is 0.695. The second-order valence-corrected chi connectivity index (χ2v) is 2.26. The predicted octanol–water partition coefficient (Wildman–Crippen LogP) is 0.771. The molecule has 1 aromatic rings. The van der Waals surface area contributed by atoms with E-state index < -0.39 is 12.0 Å². The Balaban J connectivity index is 3.20. The van der Waals surface area contributed by atoms with Crippen molar-refractivity contribution in [2.24, 2.45) is 5.73 Å².